The molecule has 1 heterocycles. The summed E-state index contributed by atoms with van der Waals surface area (Å²) in [6.45, 7) is 1.56. The quantitative estimate of drug-likeness (QED) is 0.662. The van der Waals surface area contributed by atoms with Crippen LogP contribution in [-0.2, 0) is 20.0 Å². The number of hydrogen-bond acceptors (Lipinski definition) is 5. The fourth-order valence-corrected chi connectivity index (χ4v) is 6.08. The van der Waals surface area contributed by atoms with Gasteiger partial charge < -0.3 is 0 Å². The van der Waals surface area contributed by atoms with Crippen LogP contribution in [0, 0.1) is 0 Å². The van der Waals surface area contributed by atoms with Crippen LogP contribution in [0.4, 0.5) is 0 Å². The molecule has 1 aliphatic heterocycles. The number of rotatable bonds is 5. The normalized spacial score (nSPS) is 16.8. The number of carbonyl (C=O) groups excluding carboxylic acids is 1. The minimum atomic E-state index is -3.77. The minimum absolute atomic E-state index is 0.0383. The van der Waals surface area contributed by atoms with Gasteiger partial charge in [-0.05, 0) is 37.3 Å². The van der Waals surface area contributed by atoms with E-state index in [9.17, 15) is 21.6 Å². The molecule has 1 saturated heterocycles. The van der Waals surface area contributed by atoms with Gasteiger partial charge in [0.25, 0.3) is 0 Å². The Morgan fingerprint density at radius 1 is 0.821 bits per heavy atom. The molecular formula is C18H19ClN2O5S2. The first-order valence-electron chi connectivity index (χ1n) is 8.49. The molecule has 2 aromatic carbocycles. The van der Waals surface area contributed by atoms with Crippen molar-refractivity contribution in [3.8, 4) is 0 Å². The third-order valence-corrected chi connectivity index (χ3v) is 8.57. The average molecular weight is 443 g/mol. The number of halogens is 1. The number of ketones is 1. The second-order valence-corrected chi connectivity index (χ2v) is 10.7. The zero-order chi connectivity index (χ0) is 20.5. The molecule has 0 radical (unpaired) electrons. The van der Waals surface area contributed by atoms with E-state index in [0.29, 0.717) is 10.6 Å². The van der Waals surface area contributed by atoms with Crippen LogP contribution in [0.2, 0.25) is 5.02 Å². The van der Waals surface area contributed by atoms with Gasteiger partial charge in [-0.2, -0.15) is 8.61 Å². The molecule has 0 amide bonds. The standard InChI is InChI=1S/C18H19ClN2O5S2/c1-14(22)15-5-7-17(8-6-15)27(23,24)20-9-11-21(12-10-20)28(25,26)18-4-2-3-16(19)13-18/h2-8,13H,9-12H2,1H3. The van der Waals surface area contributed by atoms with Crippen LogP contribution in [0.25, 0.3) is 0 Å². The van der Waals surface area contributed by atoms with Crippen LogP contribution < -0.4 is 0 Å². The fourth-order valence-electron chi connectivity index (χ4n) is 2.94. The summed E-state index contributed by atoms with van der Waals surface area (Å²) in [5.41, 5.74) is 0.427. The van der Waals surface area contributed by atoms with Crippen molar-refractivity contribution >= 4 is 37.4 Å². The summed E-state index contributed by atoms with van der Waals surface area (Å²) >= 11 is 5.88. The van der Waals surface area contributed by atoms with E-state index in [1.165, 1.54) is 51.9 Å². The van der Waals surface area contributed by atoms with Crippen molar-refractivity contribution in [2.75, 3.05) is 26.2 Å². The molecule has 0 unspecified atom stereocenters. The first-order chi connectivity index (χ1) is 13.1. The van der Waals surface area contributed by atoms with Gasteiger partial charge in [-0.1, -0.05) is 29.8 Å². The predicted octanol–water partition coefficient (Wildman–Crippen LogP) is 2.24. The maximum atomic E-state index is 12.8. The van der Waals surface area contributed by atoms with Gasteiger partial charge in [-0.25, -0.2) is 16.8 Å². The number of sulfonamides is 2. The van der Waals surface area contributed by atoms with E-state index in [1.807, 2.05) is 0 Å². The lowest BCUT2D eigenvalue weighted by atomic mass is 10.2. The molecule has 3 rings (SSSR count). The summed E-state index contributed by atoms with van der Waals surface area (Å²) in [6, 6.07) is 11.7. The highest BCUT2D eigenvalue weighted by atomic mass is 35.5. The molecule has 1 fully saturated rings. The Balaban J connectivity index is 1.75. The van der Waals surface area contributed by atoms with Gasteiger partial charge in [0.15, 0.2) is 5.78 Å². The van der Waals surface area contributed by atoms with Crippen LogP contribution >= 0.6 is 11.6 Å². The van der Waals surface area contributed by atoms with Crippen LogP contribution in [-0.4, -0.2) is 57.4 Å². The highest BCUT2D eigenvalue weighted by molar-refractivity contribution is 7.89. The Morgan fingerprint density at radius 3 is 1.79 bits per heavy atom. The third-order valence-electron chi connectivity index (χ3n) is 4.53. The maximum absolute atomic E-state index is 12.8. The van der Waals surface area contributed by atoms with Crippen LogP contribution in [0.1, 0.15) is 17.3 Å². The van der Waals surface area contributed by atoms with E-state index in [1.54, 1.807) is 12.1 Å². The zero-order valence-corrected chi connectivity index (χ0v) is 17.5. The van der Waals surface area contributed by atoms with Crippen molar-refractivity contribution < 1.29 is 21.6 Å². The molecule has 0 N–H and O–H groups in total. The van der Waals surface area contributed by atoms with E-state index in [-0.39, 0.29) is 41.8 Å². The molecule has 0 aromatic heterocycles. The molecule has 7 nitrogen and oxygen atoms in total. The van der Waals surface area contributed by atoms with E-state index in [0.717, 1.165) is 0 Å². The average Bonchev–Trinajstić information content (AvgIpc) is 2.68. The van der Waals surface area contributed by atoms with Gasteiger partial charge in [0.05, 0.1) is 9.79 Å². The van der Waals surface area contributed by atoms with E-state index < -0.39 is 20.0 Å². The fraction of sp³-hybridized carbons (Fsp3) is 0.278. The van der Waals surface area contributed by atoms with Crippen molar-refractivity contribution in [3.63, 3.8) is 0 Å². The maximum Gasteiger partial charge on any atom is 0.243 e. The highest BCUT2D eigenvalue weighted by Gasteiger charge is 2.33. The molecule has 0 atom stereocenters. The highest BCUT2D eigenvalue weighted by Crippen LogP contribution is 2.23. The van der Waals surface area contributed by atoms with Gasteiger partial charge >= 0.3 is 0 Å². The molecule has 2 aromatic rings. The van der Waals surface area contributed by atoms with Crippen molar-refractivity contribution in [3.05, 3.63) is 59.1 Å². The predicted molar refractivity (Wildman–Crippen MR) is 105 cm³/mol. The lowest BCUT2D eigenvalue weighted by molar-refractivity contribution is 0.101. The Kier molecular flexibility index (Phi) is 5.92. The summed E-state index contributed by atoms with van der Waals surface area (Å²) < 4.78 is 53.6. The van der Waals surface area contributed by atoms with E-state index in [4.69, 9.17) is 11.6 Å². The molecule has 150 valence electrons. The SMILES string of the molecule is CC(=O)c1ccc(S(=O)(=O)N2CCN(S(=O)(=O)c3cccc(Cl)c3)CC2)cc1. The van der Waals surface area contributed by atoms with Gasteiger partial charge in [-0.3, -0.25) is 4.79 Å². The first-order valence-corrected chi connectivity index (χ1v) is 11.7. The Bertz CT molecular complexity index is 1090. The summed E-state index contributed by atoms with van der Waals surface area (Å²) in [4.78, 5) is 11.5. The van der Waals surface area contributed by atoms with Gasteiger partial charge in [0, 0.05) is 36.8 Å². The smallest absolute Gasteiger partial charge is 0.243 e. The Morgan fingerprint density at radius 2 is 1.32 bits per heavy atom. The molecule has 28 heavy (non-hydrogen) atoms. The Labute approximate surface area is 169 Å². The number of nitrogens with zero attached hydrogens (tertiary/aromatic N) is 2. The molecule has 0 aliphatic carbocycles. The number of Topliss-reactive ketones (excluding diaryl/α,β-unsaturated/α-hetero) is 1. The first kappa shape index (κ1) is 20.9. The third kappa shape index (κ3) is 4.13. The topological polar surface area (TPSA) is 91.8 Å². The molecule has 0 bridgehead atoms. The van der Waals surface area contributed by atoms with Crippen molar-refractivity contribution in [1.29, 1.82) is 0 Å². The van der Waals surface area contributed by atoms with Gasteiger partial charge in [-0.15, -0.1) is 0 Å². The minimum Gasteiger partial charge on any atom is -0.295 e. The number of carbonyl (C=O) groups is 1. The molecule has 0 saturated carbocycles. The van der Waals surface area contributed by atoms with Crippen molar-refractivity contribution in [2.24, 2.45) is 0 Å². The van der Waals surface area contributed by atoms with Gasteiger partial charge in [0.2, 0.25) is 20.0 Å². The van der Waals surface area contributed by atoms with Gasteiger partial charge in [0.1, 0.15) is 0 Å². The number of benzene rings is 2. The Hall–Kier alpha value is -1.78. The summed E-state index contributed by atoms with van der Waals surface area (Å²) in [6.07, 6.45) is 0. The second kappa shape index (κ2) is 7.92. The largest absolute Gasteiger partial charge is 0.295 e. The zero-order valence-electron chi connectivity index (χ0n) is 15.1. The lowest BCUT2D eigenvalue weighted by Gasteiger charge is -2.33. The van der Waals surface area contributed by atoms with Crippen LogP contribution in [0.15, 0.2) is 58.3 Å². The number of piperazine rings is 1. The molecular weight excluding hydrogens is 424 g/mol. The van der Waals surface area contributed by atoms with Crippen LogP contribution in [0.5, 0.6) is 0 Å². The summed E-state index contributed by atoms with van der Waals surface area (Å²) in [7, 11) is -7.51. The van der Waals surface area contributed by atoms with Crippen molar-refractivity contribution in [1.82, 2.24) is 8.61 Å². The molecule has 1 aliphatic rings. The van der Waals surface area contributed by atoms with E-state index in [2.05, 4.69) is 0 Å². The molecule has 0 spiro atoms. The van der Waals surface area contributed by atoms with E-state index >= 15 is 0 Å². The number of hydrogen-bond donors (Lipinski definition) is 0. The lowest BCUT2D eigenvalue weighted by Crippen LogP contribution is -2.50. The van der Waals surface area contributed by atoms with Crippen molar-refractivity contribution in [2.45, 2.75) is 16.7 Å². The monoisotopic (exact) mass is 442 g/mol. The van der Waals surface area contributed by atoms with Crippen LogP contribution in [0.3, 0.4) is 0 Å². The summed E-state index contributed by atoms with van der Waals surface area (Å²) in [5, 5.41) is 0.316. The summed E-state index contributed by atoms with van der Waals surface area (Å²) in [5.74, 6) is -0.149. The second-order valence-electron chi connectivity index (χ2n) is 6.35. The molecule has 10 heteroatoms.